The van der Waals surface area contributed by atoms with Gasteiger partial charge in [0.2, 0.25) is 0 Å². The first-order chi connectivity index (χ1) is 8.97. The van der Waals surface area contributed by atoms with Crippen LogP contribution in [0.15, 0.2) is 24.4 Å². The number of carbonyl (C=O) groups is 1. The van der Waals surface area contributed by atoms with E-state index in [-0.39, 0.29) is 5.82 Å². The topological polar surface area (TPSA) is 107 Å². The maximum Gasteiger partial charge on any atom is 0.251 e. The number of primary amides is 1. The van der Waals surface area contributed by atoms with E-state index in [9.17, 15) is 4.79 Å². The number of hydrogen-bond donors (Lipinski definition) is 3. The quantitative estimate of drug-likeness (QED) is 0.772. The molecule has 6 nitrogen and oxygen atoms in total. The molecule has 0 aromatic carbocycles. The number of amides is 1. The van der Waals surface area contributed by atoms with Gasteiger partial charge in [-0.25, -0.2) is 4.98 Å². The summed E-state index contributed by atoms with van der Waals surface area (Å²) < 4.78 is 0. The Morgan fingerprint density at radius 1 is 1.26 bits per heavy atom. The predicted molar refractivity (Wildman–Crippen MR) is 74.2 cm³/mol. The average Bonchev–Trinajstić information content (AvgIpc) is 2.34. The van der Waals surface area contributed by atoms with Crippen LogP contribution in [-0.2, 0) is 0 Å². The van der Waals surface area contributed by atoms with E-state index in [1.165, 1.54) is 12.3 Å². The molecule has 0 aliphatic rings. The van der Waals surface area contributed by atoms with Gasteiger partial charge in [0, 0.05) is 5.69 Å². The Kier molecular flexibility index (Phi) is 3.33. The predicted octanol–water partition coefficient (Wildman–Crippen LogP) is 1.52. The molecule has 0 radical (unpaired) electrons. The normalized spacial score (nSPS) is 10.2. The van der Waals surface area contributed by atoms with Gasteiger partial charge in [0.25, 0.3) is 5.91 Å². The van der Waals surface area contributed by atoms with E-state index >= 15 is 0 Å². The van der Waals surface area contributed by atoms with Crippen molar-refractivity contribution in [1.82, 2.24) is 9.97 Å². The number of nitrogens with zero attached hydrogens (tertiary/aromatic N) is 2. The Morgan fingerprint density at radius 3 is 2.63 bits per heavy atom. The lowest BCUT2D eigenvalue weighted by molar-refractivity contribution is 0.100. The zero-order chi connectivity index (χ0) is 14.0. The maximum absolute atomic E-state index is 11.4. The lowest BCUT2D eigenvalue weighted by Gasteiger charge is -2.12. The molecule has 0 spiro atoms. The fraction of sp³-hybridized carbons (Fsp3) is 0.154. The summed E-state index contributed by atoms with van der Waals surface area (Å²) in [5.41, 5.74) is 14.2. The zero-order valence-corrected chi connectivity index (χ0v) is 10.8. The minimum Gasteiger partial charge on any atom is -0.384 e. The van der Waals surface area contributed by atoms with Gasteiger partial charge in [-0.1, -0.05) is 0 Å². The number of aryl methyl sites for hydroxylation is 2. The molecule has 19 heavy (non-hydrogen) atoms. The summed E-state index contributed by atoms with van der Waals surface area (Å²) in [6.45, 7) is 3.79. The number of pyridine rings is 2. The van der Waals surface area contributed by atoms with Crippen molar-refractivity contribution in [2.24, 2.45) is 5.73 Å². The Labute approximate surface area is 110 Å². The molecule has 0 unspecified atom stereocenters. The second-order valence-corrected chi connectivity index (χ2v) is 4.23. The van der Waals surface area contributed by atoms with Crippen LogP contribution in [-0.4, -0.2) is 15.9 Å². The molecule has 0 fully saturated rings. The van der Waals surface area contributed by atoms with Crippen molar-refractivity contribution in [2.45, 2.75) is 13.8 Å². The third-order valence-corrected chi connectivity index (χ3v) is 2.68. The summed E-state index contributed by atoms with van der Waals surface area (Å²) in [6.07, 6.45) is 1.48. The highest BCUT2D eigenvalue weighted by Gasteiger charge is 2.11. The monoisotopic (exact) mass is 257 g/mol. The fourth-order valence-electron chi connectivity index (χ4n) is 1.74. The first kappa shape index (κ1) is 12.8. The number of anilines is 3. The highest BCUT2D eigenvalue weighted by Crippen LogP contribution is 2.23. The Morgan fingerprint density at radius 2 is 2.00 bits per heavy atom. The zero-order valence-electron chi connectivity index (χ0n) is 10.8. The van der Waals surface area contributed by atoms with E-state index in [2.05, 4.69) is 15.3 Å². The van der Waals surface area contributed by atoms with Crippen LogP contribution in [0.25, 0.3) is 0 Å². The molecular formula is C13H15N5O. The van der Waals surface area contributed by atoms with Crippen molar-refractivity contribution >= 4 is 23.1 Å². The van der Waals surface area contributed by atoms with Gasteiger partial charge in [0.1, 0.15) is 5.82 Å². The van der Waals surface area contributed by atoms with E-state index in [0.29, 0.717) is 11.3 Å². The molecule has 0 saturated carbocycles. The fourth-order valence-corrected chi connectivity index (χ4v) is 1.74. The number of rotatable bonds is 3. The molecule has 0 saturated heterocycles. The van der Waals surface area contributed by atoms with Crippen molar-refractivity contribution in [3.05, 3.63) is 41.3 Å². The third-order valence-electron chi connectivity index (χ3n) is 2.68. The van der Waals surface area contributed by atoms with E-state index in [1.54, 1.807) is 0 Å². The van der Waals surface area contributed by atoms with Crippen LogP contribution in [0.3, 0.4) is 0 Å². The van der Waals surface area contributed by atoms with Crippen LogP contribution in [0.2, 0.25) is 0 Å². The third kappa shape index (κ3) is 2.79. The largest absolute Gasteiger partial charge is 0.384 e. The first-order valence-corrected chi connectivity index (χ1v) is 5.74. The van der Waals surface area contributed by atoms with Gasteiger partial charge < -0.3 is 16.8 Å². The van der Waals surface area contributed by atoms with Gasteiger partial charge in [-0.05, 0) is 32.0 Å². The van der Waals surface area contributed by atoms with E-state index in [4.69, 9.17) is 11.5 Å². The van der Waals surface area contributed by atoms with Gasteiger partial charge in [0.05, 0.1) is 28.8 Å². The summed E-state index contributed by atoms with van der Waals surface area (Å²) in [4.78, 5) is 19.7. The smallest absolute Gasteiger partial charge is 0.251 e. The van der Waals surface area contributed by atoms with Crippen molar-refractivity contribution in [3.8, 4) is 0 Å². The van der Waals surface area contributed by atoms with E-state index in [0.717, 1.165) is 17.1 Å². The summed E-state index contributed by atoms with van der Waals surface area (Å²) in [5, 5.41) is 3.10. The second-order valence-electron chi connectivity index (χ2n) is 4.23. The van der Waals surface area contributed by atoms with Gasteiger partial charge in [-0.15, -0.1) is 0 Å². The Hall–Kier alpha value is -2.63. The van der Waals surface area contributed by atoms with Gasteiger partial charge in [0.15, 0.2) is 0 Å². The van der Waals surface area contributed by atoms with Gasteiger partial charge in [-0.3, -0.25) is 9.78 Å². The minimum atomic E-state index is -0.561. The summed E-state index contributed by atoms with van der Waals surface area (Å²) in [7, 11) is 0. The van der Waals surface area contributed by atoms with Crippen molar-refractivity contribution in [1.29, 1.82) is 0 Å². The Bertz CT molecular complexity index is 639. The molecule has 2 aromatic heterocycles. The average molecular weight is 257 g/mol. The Balaban J connectivity index is 2.40. The molecule has 0 aliphatic heterocycles. The van der Waals surface area contributed by atoms with Crippen LogP contribution in [0.4, 0.5) is 17.2 Å². The van der Waals surface area contributed by atoms with Crippen LogP contribution in [0.5, 0.6) is 0 Å². The number of nitrogens with two attached hydrogens (primary N) is 2. The van der Waals surface area contributed by atoms with Crippen molar-refractivity contribution < 1.29 is 4.79 Å². The van der Waals surface area contributed by atoms with Gasteiger partial charge >= 0.3 is 0 Å². The number of aromatic nitrogens is 2. The second kappa shape index (κ2) is 4.93. The molecule has 2 aromatic rings. The maximum atomic E-state index is 11.4. The molecule has 98 valence electrons. The number of hydrogen-bond acceptors (Lipinski definition) is 5. The van der Waals surface area contributed by atoms with E-state index < -0.39 is 5.91 Å². The number of nitrogen functional groups attached to an aromatic ring is 1. The minimum absolute atomic E-state index is 0.248. The molecule has 1 amide bonds. The van der Waals surface area contributed by atoms with Crippen LogP contribution in [0, 0.1) is 13.8 Å². The van der Waals surface area contributed by atoms with Gasteiger partial charge in [-0.2, -0.15) is 0 Å². The number of nitrogens with one attached hydrogen (secondary N) is 1. The van der Waals surface area contributed by atoms with Crippen molar-refractivity contribution in [3.63, 3.8) is 0 Å². The molecule has 0 bridgehead atoms. The van der Waals surface area contributed by atoms with Crippen LogP contribution in [0.1, 0.15) is 21.7 Å². The summed E-state index contributed by atoms with van der Waals surface area (Å²) in [5.74, 6) is -0.313. The van der Waals surface area contributed by atoms with E-state index in [1.807, 2.05) is 26.0 Å². The molecular weight excluding hydrogens is 242 g/mol. The van der Waals surface area contributed by atoms with Crippen LogP contribution >= 0.6 is 0 Å². The van der Waals surface area contributed by atoms with Crippen LogP contribution < -0.4 is 16.8 Å². The molecule has 0 atom stereocenters. The lowest BCUT2D eigenvalue weighted by atomic mass is 10.2. The summed E-state index contributed by atoms with van der Waals surface area (Å²) in [6, 6.07) is 5.21. The SMILES string of the molecule is Cc1ccc(Nc2cnc(N)cc2C(N)=O)c(C)n1. The first-order valence-electron chi connectivity index (χ1n) is 5.74. The highest BCUT2D eigenvalue weighted by molar-refractivity contribution is 5.99. The molecule has 2 rings (SSSR count). The number of carbonyl (C=O) groups excluding carboxylic acids is 1. The summed E-state index contributed by atoms with van der Waals surface area (Å²) >= 11 is 0. The standard InChI is InChI=1S/C13H15N5O/c1-7-3-4-10(8(2)17-7)18-11-6-16-12(14)5-9(11)13(15)19/h3-6,18H,1-2H3,(H2,14,16)(H2,15,19). The highest BCUT2D eigenvalue weighted by atomic mass is 16.1. The molecule has 0 aliphatic carbocycles. The molecule has 6 heteroatoms. The molecule has 5 N–H and O–H groups in total. The molecule has 2 heterocycles. The lowest BCUT2D eigenvalue weighted by Crippen LogP contribution is -2.14. The van der Waals surface area contributed by atoms with Crippen molar-refractivity contribution in [2.75, 3.05) is 11.1 Å².